The summed E-state index contributed by atoms with van der Waals surface area (Å²) in [5.74, 6) is 0.0410. The monoisotopic (exact) mass is 190 g/mol. The fourth-order valence-corrected chi connectivity index (χ4v) is 1.81. The molecule has 2 rings (SSSR count). The average Bonchev–Trinajstić information content (AvgIpc) is 2.49. The van der Waals surface area contributed by atoms with Crippen molar-refractivity contribution in [3.63, 3.8) is 0 Å². The van der Waals surface area contributed by atoms with E-state index in [2.05, 4.69) is 0 Å². The number of hydrogen-bond donors (Lipinski definition) is 1. The number of aryl methyl sites for hydroxylation is 1. The van der Waals surface area contributed by atoms with Crippen LogP contribution in [-0.4, -0.2) is 18.5 Å². The molecular formula is C11H14N2O. The molecule has 3 heteroatoms. The van der Waals surface area contributed by atoms with E-state index in [1.807, 2.05) is 31.2 Å². The van der Waals surface area contributed by atoms with Crippen molar-refractivity contribution in [3.05, 3.63) is 29.8 Å². The fraction of sp³-hybridized carbons (Fsp3) is 0.364. The van der Waals surface area contributed by atoms with Crippen LogP contribution in [0.4, 0.5) is 5.69 Å². The van der Waals surface area contributed by atoms with Crippen LogP contribution in [0, 0.1) is 6.92 Å². The minimum Gasteiger partial charge on any atom is -0.320 e. The van der Waals surface area contributed by atoms with Crippen LogP contribution in [-0.2, 0) is 4.79 Å². The Morgan fingerprint density at radius 3 is 2.71 bits per heavy atom. The Bertz CT molecular complexity index is 362. The third-order valence-electron chi connectivity index (χ3n) is 2.65. The first kappa shape index (κ1) is 9.21. The second-order valence-corrected chi connectivity index (χ2v) is 3.67. The summed E-state index contributed by atoms with van der Waals surface area (Å²) in [4.78, 5) is 13.4. The normalized spacial score (nSPS) is 21.7. The van der Waals surface area contributed by atoms with E-state index >= 15 is 0 Å². The van der Waals surface area contributed by atoms with Gasteiger partial charge in [-0.1, -0.05) is 18.2 Å². The van der Waals surface area contributed by atoms with Crippen LogP contribution in [0.2, 0.25) is 0 Å². The molecule has 1 aromatic rings. The highest BCUT2D eigenvalue weighted by Crippen LogP contribution is 2.23. The molecule has 1 aliphatic heterocycles. The third-order valence-corrected chi connectivity index (χ3v) is 2.65. The Labute approximate surface area is 83.5 Å². The largest absolute Gasteiger partial charge is 0.320 e. The minimum absolute atomic E-state index is 0.0410. The topological polar surface area (TPSA) is 46.3 Å². The molecule has 1 unspecified atom stereocenters. The zero-order valence-corrected chi connectivity index (χ0v) is 8.23. The van der Waals surface area contributed by atoms with Crippen molar-refractivity contribution in [1.82, 2.24) is 0 Å². The maximum atomic E-state index is 11.7. The summed E-state index contributed by atoms with van der Waals surface area (Å²) in [6.07, 6.45) is 0.757. The van der Waals surface area contributed by atoms with Crippen molar-refractivity contribution in [3.8, 4) is 0 Å². The van der Waals surface area contributed by atoms with Crippen molar-refractivity contribution in [2.45, 2.75) is 19.4 Å². The summed E-state index contributed by atoms with van der Waals surface area (Å²) < 4.78 is 0. The molecule has 0 radical (unpaired) electrons. The van der Waals surface area contributed by atoms with E-state index in [-0.39, 0.29) is 11.9 Å². The lowest BCUT2D eigenvalue weighted by atomic mass is 10.2. The highest BCUT2D eigenvalue weighted by Gasteiger charge is 2.29. The highest BCUT2D eigenvalue weighted by atomic mass is 16.2. The van der Waals surface area contributed by atoms with Gasteiger partial charge in [0.15, 0.2) is 0 Å². The predicted octanol–water partition coefficient (Wildman–Crippen LogP) is 1.06. The van der Waals surface area contributed by atoms with Crippen molar-refractivity contribution in [2.24, 2.45) is 5.73 Å². The van der Waals surface area contributed by atoms with Gasteiger partial charge in [-0.25, -0.2) is 0 Å². The van der Waals surface area contributed by atoms with Gasteiger partial charge in [-0.15, -0.1) is 0 Å². The Morgan fingerprint density at radius 1 is 1.43 bits per heavy atom. The van der Waals surface area contributed by atoms with Crippen molar-refractivity contribution in [1.29, 1.82) is 0 Å². The maximum absolute atomic E-state index is 11.7. The van der Waals surface area contributed by atoms with Gasteiger partial charge in [0.1, 0.15) is 0 Å². The number of amides is 1. The molecule has 1 aromatic carbocycles. The first-order valence-corrected chi connectivity index (χ1v) is 4.83. The first-order valence-electron chi connectivity index (χ1n) is 4.83. The van der Waals surface area contributed by atoms with Gasteiger partial charge >= 0.3 is 0 Å². The van der Waals surface area contributed by atoms with E-state index in [1.165, 1.54) is 0 Å². The lowest BCUT2D eigenvalue weighted by Gasteiger charge is -2.18. The number of nitrogens with two attached hydrogens (primary N) is 1. The summed E-state index contributed by atoms with van der Waals surface area (Å²) in [5, 5.41) is 0. The molecule has 1 fully saturated rings. The van der Waals surface area contributed by atoms with Gasteiger partial charge in [-0.3, -0.25) is 4.79 Å². The van der Waals surface area contributed by atoms with Gasteiger partial charge in [0, 0.05) is 12.2 Å². The molecule has 1 aliphatic rings. The van der Waals surface area contributed by atoms with Crippen LogP contribution in [0.5, 0.6) is 0 Å². The SMILES string of the molecule is Cc1ccccc1N1CCC(N)C1=O. The predicted molar refractivity (Wildman–Crippen MR) is 56.1 cm³/mol. The summed E-state index contributed by atoms with van der Waals surface area (Å²) in [6.45, 7) is 2.75. The van der Waals surface area contributed by atoms with E-state index < -0.39 is 0 Å². The lowest BCUT2D eigenvalue weighted by molar-refractivity contribution is -0.118. The Hall–Kier alpha value is -1.35. The van der Waals surface area contributed by atoms with Gasteiger partial charge < -0.3 is 10.6 Å². The van der Waals surface area contributed by atoms with Crippen molar-refractivity contribution >= 4 is 11.6 Å². The zero-order valence-electron chi connectivity index (χ0n) is 8.23. The molecule has 74 valence electrons. The molecule has 14 heavy (non-hydrogen) atoms. The molecule has 0 bridgehead atoms. The van der Waals surface area contributed by atoms with Crippen molar-refractivity contribution < 1.29 is 4.79 Å². The molecule has 2 N–H and O–H groups in total. The molecule has 3 nitrogen and oxygen atoms in total. The Kier molecular flexibility index (Phi) is 2.25. The van der Waals surface area contributed by atoms with Gasteiger partial charge in [-0.05, 0) is 25.0 Å². The summed E-state index contributed by atoms with van der Waals surface area (Å²) in [6, 6.07) is 7.57. The highest BCUT2D eigenvalue weighted by molar-refractivity contribution is 5.99. The zero-order chi connectivity index (χ0) is 10.1. The molecular weight excluding hydrogens is 176 g/mol. The first-order chi connectivity index (χ1) is 6.70. The second kappa shape index (κ2) is 3.42. The van der Waals surface area contributed by atoms with E-state index in [9.17, 15) is 4.79 Å². The minimum atomic E-state index is -0.311. The number of anilines is 1. The second-order valence-electron chi connectivity index (χ2n) is 3.67. The Morgan fingerprint density at radius 2 is 2.14 bits per heavy atom. The Balaban J connectivity index is 2.33. The molecule has 0 spiro atoms. The maximum Gasteiger partial charge on any atom is 0.243 e. The van der Waals surface area contributed by atoms with Gasteiger partial charge in [-0.2, -0.15) is 0 Å². The summed E-state index contributed by atoms with van der Waals surface area (Å²) >= 11 is 0. The number of nitrogens with zero attached hydrogens (tertiary/aromatic N) is 1. The van der Waals surface area contributed by atoms with E-state index in [1.54, 1.807) is 4.90 Å². The number of para-hydroxylation sites is 1. The van der Waals surface area contributed by atoms with Crippen LogP contribution in [0.3, 0.4) is 0 Å². The smallest absolute Gasteiger partial charge is 0.243 e. The quantitative estimate of drug-likeness (QED) is 0.719. The van der Waals surface area contributed by atoms with Gasteiger partial charge in [0.2, 0.25) is 5.91 Å². The number of hydrogen-bond acceptors (Lipinski definition) is 2. The van der Waals surface area contributed by atoms with Crippen LogP contribution in [0.25, 0.3) is 0 Å². The van der Waals surface area contributed by atoms with Gasteiger partial charge in [0.25, 0.3) is 0 Å². The molecule has 1 saturated heterocycles. The standard InChI is InChI=1S/C11H14N2O/c1-8-4-2-3-5-10(8)13-7-6-9(12)11(13)14/h2-5,9H,6-7,12H2,1H3. The van der Waals surface area contributed by atoms with E-state index in [0.29, 0.717) is 0 Å². The van der Waals surface area contributed by atoms with Crippen LogP contribution in [0.1, 0.15) is 12.0 Å². The van der Waals surface area contributed by atoms with Crippen LogP contribution >= 0.6 is 0 Å². The molecule has 1 heterocycles. The molecule has 1 atom stereocenters. The van der Waals surface area contributed by atoms with E-state index in [0.717, 1.165) is 24.2 Å². The van der Waals surface area contributed by atoms with Crippen LogP contribution < -0.4 is 10.6 Å². The third kappa shape index (κ3) is 1.40. The number of rotatable bonds is 1. The molecule has 0 saturated carbocycles. The number of benzene rings is 1. The summed E-state index contributed by atoms with van der Waals surface area (Å²) in [5.41, 5.74) is 7.78. The van der Waals surface area contributed by atoms with Gasteiger partial charge in [0.05, 0.1) is 6.04 Å². The molecule has 1 amide bonds. The van der Waals surface area contributed by atoms with E-state index in [4.69, 9.17) is 5.73 Å². The lowest BCUT2D eigenvalue weighted by Crippen LogP contribution is -2.34. The van der Waals surface area contributed by atoms with Crippen molar-refractivity contribution in [2.75, 3.05) is 11.4 Å². The van der Waals surface area contributed by atoms with Crippen LogP contribution in [0.15, 0.2) is 24.3 Å². The summed E-state index contributed by atoms with van der Waals surface area (Å²) in [7, 11) is 0. The number of carbonyl (C=O) groups excluding carboxylic acids is 1. The molecule has 0 aliphatic carbocycles. The number of carbonyl (C=O) groups is 1. The average molecular weight is 190 g/mol. The fourth-order valence-electron chi connectivity index (χ4n) is 1.81. The molecule has 0 aromatic heterocycles.